The van der Waals surface area contributed by atoms with Gasteiger partial charge in [0.25, 0.3) is 0 Å². The SMILES string of the molecule is CCCC(CC)NC(C)C(=O)OCCOC. The molecule has 0 amide bonds. The average Bonchev–Trinajstić information content (AvgIpc) is 2.28. The molecule has 0 fully saturated rings. The molecule has 2 atom stereocenters. The monoisotopic (exact) mass is 231 g/mol. The molecule has 1 N–H and O–H groups in total. The van der Waals surface area contributed by atoms with E-state index in [-0.39, 0.29) is 12.0 Å². The number of ether oxygens (including phenoxy) is 2. The molecular formula is C12H25NO3. The molecule has 0 saturated heterocycles. The van der Waals surface area contributed by atoms with Crippen LogP contribution in [0.4, 0.5) is 0 Å². The van der Waals surface area contributed by atoms with Crippen LogP contribution in [0.2, 0.25) is 0 Å². The zero-order valence-electron chi connectivity index (χ0n) is 10.9. The lowest BCUT2D eigenvalue weighted by molar-refractivity contribution is -0.147. The number of rotatable bonds is 9. The van der Waals surface area contributed by atoms with Crippen molar-refractivity contribution >= 4 is 5.97 Å². The largest absolute Gasteiger partial charge is 0.462 e. The fraction of sp³-hybridized carbons (Fsp3) is 0.917. The Hall–Kier alpha value is -0.610. The molecule has 0 rings (SSSR count). The molecule has 96 valence electrons. The zero-order valence-corrected chi connectivity index (χ0v) is 10.9. The van der Waals surface area contributed by atoms with E-state index in [1.807, 2.05) is 6.92 Å². The molecule has 16 heavy (non-hydrogen) atoms. The van der Waals surface area contributed by atoms with Gasteiger partial charge in [0.1, 0.15) is 12.6 Å². The average molecular weight is 231 g/mol. The third-order valence-corrected chi connectivity index (χ3v) is 2.50. The van der Waals surface area contributed by atoms with Crippen molar-refractivity contribution in [1.82, 2.24) is 5.32 Å². The number of nitrogens with one attached hydrogen (secondary N) is 1. The normalized spacial score (nSPS) is 14.5. The number of methoxy groups -OCH3 is 1. The van der Waals surface area contributed by atoms with Gasteiger partial charge >= 0.3 is 5.97 Å². The van der Waals surface area contributed by atoms with E-state index in [9.17, 15) is 4.79 Å². The van der Waals surface area contributed by atoms with Gasteiger partial charge in [-0.3, -0.25) is 4.79 Å². The van der Waals surface area contributed by atoms with Crippen LogP contribution in [0.25, 0.3) is 0 Å². The highest BCUT2D eigenvalue weighted by Crippen LogP contribution is 2.03. The van der Waals surface area contributed by atoms with E-state index in [0.717, 1.165) is 19.3 Å². The predicted molar refractivity (Wildman–Crippen MR) is 64.4 cm³/mol. The topological polar surface area (TPSA) is 47.6 Å². The molecule has 0 aliphatic carbocycles. The van der Waals surface area contributed by atoms with Gasteiger partial charge in [0, 0.05) is 13.2 Å². The van der Waals surface area contributed by atoms with Crippen LogP contribution in [-0.4, -0.2) is 38.4 Å². The second-order valence-corrected chi connectivity index (χ2v) is 3.94. The Morgan fingerprint density at radius 2 is 2.00 bits per heavy atom. The minimum atomic E-state index is -0.242. The highest BCUT2D eigenvalue weighted by molar-refractivity contribution is 5.75. The van der Waals surface area contributed by atoms with Crippen molar-refractivity contribution in [3.05, 3.63) is 0 Å². The second kappa shape index (κ2) is 9.60. The van der Waals surface area contributed by atoms with E-state index >= 15 is 0 Å². The number of hydrogen-bond acceptors (Lipinski definition) is 4. The summed E-state index contributed by atoms with van der Waals surface area (Å²) in [6, 6.07) is 0.156. The summed E-state index contributed by atoms with van der Waals surface area (Å²) in [7, 11) is 1.59. The van der Waals surface area contributed by atoms with Crippen LogP contribution in [0.1, 0.15) is 40.0 Å². The van der Waals surface area contributed by atoms with Gasteiger partial charge in [-0.15, -0.1) is 0 Å². The van der Waals surface area contributed by atoms with Crippen LogP contribution in [-0.2, 0) is 14.3 Å². The summed E-state index contributed by atoms with van der Waals surface area (Å²) in [6.07, 6.45) is 3.24. The minimum Gasteiger partial charge on any atom is -0.462 e. The lowest BCUT2D eigenvalue weighted by atomic mass is 10.1. The van der Waals surface area contributed by atoms with Crippen molar-refractivity contribution in [2.75, 3.05) is 20.3 Å². The molecule has 0 aromatic heterocycles. The first-order valence-electron chi connectivity index (χ1n) is 6.07. The summed E-state index contributed by atoms with van der Waals surface area (Å²) < 4.78 is 9.86. The molecular weight excluding hydrogens is 206 g/mol. The van der Waals surface area contributed by atoms with Crippen LogP contribution in [0.5, 0.6) is 0 Å². The number of carbonyl (C=O) groups excluding carboxylic acids is 1. The van der Waals surface area contributed by atoms with E-state index < -0.39 is 0 Å². The van der Waals surface area contributed by atoms with Gasteiger partial charge < -0.3 is 14.8 Å². The fourth-order valence-corrected chi connectivity index (χ4v) is 1.53. The van der Waals surface area contributed by atoms with Gasteiger partial charge in [0.2, 0.25) is 0 Å². The Balaban J connectivity index is 3.83. The molecule has 0 aliphatic heterocycles. The third kappa shape index (κ3) is 6.80. The van der Waals surface area contributed by atoms with Crippen molar-refractivity contribution in [3.63, 3.8) is 0 Å². The van der Waals surface area contributed by atoms with E-state index in [0.29, 0.717) is 19.3 Å². The Labute approximate surface area is 98.7 Å². The first kappa shape index (κ1) is 15.4. The Morgan fingerprint density at radius 1 is 1.31 bits per heavy atom. The van der Waals surface area contributed by atoms with Crippen molar-refractivity contribution in [3.8, 4) is 0 Å². The van der Waals surface area contributed by atoms with Crippen molar-refractivity contribution < 1.29 is 14.3 Å². The highest BCUT2D eigenvalue weighted by atomic mass is 16.6. The van der Waals surface area contributed by atoms with Crippen LogP contribution in [0, 0.1) is 0 Å². The Morgan fingerprint density at radius 3 is 2.50 bits per heavy atom. The smallest absolute Gasteiger partial charge is 0.322 e. The highest BCUT2D eigenvalue weighted by Gasteiger charge is 2.17. The van der Waals surface area contributed by atoms with Crippen LogP contribution >= 0.6 is 0 Å². The Bertz CT molecular complexity index is 185. The molecule has 0 aromatic rings. The lowest BCUT2D eigenvalue weighted by Gasteiger charge is -2.20. The summed E-state index contributed by atoms with van der Waals surface area (Å²) in [5.74, 6) is -0.202. The standard InChI is InChI=1S/C12H25NO3/c1-5-7-11(6-2)13-10(3)12(14)16-9-8-15-4/h10-11,13H,5-9H2,1-4H3. The van der Waals surface area contributed by atoms with E-state index in [1.54, 1.807) is 7.11 Å². The summed E-state index contributed by atoms with van der Waals surface area (Å²) in [5, 5.41) is 3.28. The lowest BCUT2D eigenvalue weighted by Crippen LogP contribution is -2.42. The molecule has 2 unspecified atom stereocenters. The van der Waals surface area contributed by atoms with Crippen molar-refractivity contribution in [2.45, 2.75) is 52.1 Å². The van der Waals surface area contributed by atoms with Crippen molar-refractivity contribution in [1.29, 1.82) is 0 Å². The van der Waals surface area contributed by atoms with Crippen molar-refractivity contribution in [2.24, 2.45) is 0 Å². The molecule has 0 saturated carbocycles. The predicted octanol–water partition coefficient (Wildman–Crippen LogP) is 1.73. The maximum Gasteiger partial charge on any atom is 0.322 e. The van der Waals surface area contributed by atoms with Crippen LogP contribution < -0.4 is 5.32 Å². The van der Waals surface area contributed by atoms with E-state index in [1.165, 1.54) is 0 Å². The van der Waals surface area contributed by atoms with Gasteiger partial charge in [-0.2, -0.15) is 0 Å². The molecule has 0 spiro atoms. The molecule has 0 aliphatic rings. The second-order valence-electron chi connectivity index (χ2n) is 3.94. The molecule has 4 nitrogen and oxygen atoms in total. The molecule has 0 heterocycles. The first-order chi connectivity index (χ1) is 7.65. The van der Waals surface area contributed by atoms with Gasteiger partial charge in [0.15, 0.2) is 0 Å². The Kier molecular flexibility index (Phi) is 9.24. The van der Waals surface area contributed by atoms with Gasteiger partial charge in [-0.05, 0) is 19.8 Å². The summed E-state index contributed by atoms with van der Waals surface area (Å²) >= 11 is 0. The van der Waals surface area contributed by atoms with E-state index in [4.69, 9.17) is 9.47 Å². The molecule has 0 radical (unpaired) electrons. The third-order valence-electron chi connectivity index (χ3n) is 2.50. The quantitative estimate of drug-likeness (QED) is 0.485. The maximum absolute atomic E-state index is 11.5. The number of carbonyl (C=O) groups is 1. The molecule has 0 bridgehead atoms. The summed E-state index contributed by atoms with van der Waals surface area (Å²) in [4.78, 5) is 11.5. The van der Waals surface area contributed by atoms with Crippen LogP contribution in [0.3, 0.4) is 0 Å². The van der Waals surface area contributed by atoms with Gasteiger partial charge in [-0.1, -0.05) is 20.3 Å². The maximum atomic E-state index is 11.5. The molecule has 0 aromatic carbocycles. The summed E-state index contributed by atoms with van der Waals surface area (Å²) in [5.41, 5.74) is 0. The fourth-order valence-electron chi connectivity index (χ4n) is 1.53. The first-order valence-corrected chi connectivity index (χ1v) is 6.07. The summed E-state index contributed by atoms with van der Waals surface area (Å²) in [6.45, 7) is 6.88. The number of esters is 1. The zero-order chi connectivity index (χ0) is 12.4. The van der Waals surface area contributed by atoms with Crippen LogP contribution in [0.15, 0.2) is 0 Å². The van der Waals surface area contributed by atoms with Gasteiger partial charge in [-0.25, -0.2) is 0 Å². The van der Waals surface area contributed by atoms with Gasteiger partial charge in [0.05, 0.1) is 6.61 Å². The van der Waals surface area contributed by atoms with E-state index in [2.05, 4.69) is 19.2 Å². The number of hydrogen-bond donors (Lipinski definition) is 1. The molecule has 4 heteroatoms. The minimum absolute atomic E-state index is 0.202.